The number of ether oxygens (including phenoxy) is 1. The fourth-order valence-corrected chi connectivity index (χ4v) is 2.55. The zero-order chi connectivity index (χ0) is 12.8. The van der Waals surface area contributed by atoms with Gasteiger partial charge in [-0.15, -0.1) is 17.3 Å². The lowest BCUT2D eigenvalue weighted by Gasteiger charge is -2.20. The monoisotopic (exact) mass is 249 g/mol. The molecule has 2 rings (SSSR count). The number of amides is 1. The van der Waals surface area contributed by atoms with Crippen molar-refractivity contribution in [2.75, 3.05) is 6.61 Å². The highest BCUT2D eigenvalue weighted by Gasteiger charge is 2.28. The molecule has 1 aliphatic heterocycles. The molecule has 1 aromatic heterocycles. The van der Waals surface area contributed by atoms with E-state index in [9.17, 15) is 4.79 Å². The summed E-state index contributed by atoms with van der Waals surface area (Å²) in [5.41, 5.74) is 0. The van der Waals surface area contributed by atoms with Crippen LogP contribution in [0.4, 0.5) is 0 Å². The number of nitrogens with zero attached hydrogens (tertiary/aromatic N) is 1. The third-order valence-corrected chi connectivity index (χ3v) is 3.60. The Hall–Kier alpha value is -1.07. The van der Waals surface area contributed by atoms with Crippen molar-refractivity contribution in [2.45, 2.75) is 25.5 Å². The molecule has 1 atom stereocenters. The summed E-state index contributed by atoms with van der Waals surface area (Å²) in [6.07, 6.45) is 3.06. The summed E-state index contributed by atoms with van der Waals surface area (Å²) in [6, 6.07) is 4.15. The fraction of sp³-hybridized carbons (Fsp3) is 0.417. The molecule has 5 heteroatoms. The molecule has 17 heavy (non-hydrogen) atoms. The summed E-state index contributed by atoms with van der Waals surface area (Å²) in [7, 11) is 1.18. The van der Waals surface area contributed by atoms with Crippen molar-refractivity contribution < 1.29 is 9.53 Å². The van der Waals surface area contributed by atoms with Crippen LogP contribution >= 0.6 is 11.3 Å². The average Bonchev–Trinajstić information content (AvgIpc) is 2.98. The van der Waals surface area contributed by atoms with E-state index in [-0.39, 0.29) is 11.9 Å². The molecule has 0 aromatic carbocycles. The van der Waals surface area contributed by atoms with Crippen LogP contribution in [0, 0.1) is 0 Å². The number of rotatable bonds is 6. The molecule has 0 spiro atoms. The molecular weight excluding hydrogens is 233 g/mol. The molecule has 2 heterocycles. The van der Waals surface area contributed by atoms with Crippen molar-refractivity contribution in [2.24, 2.45) is 0 Å². The maximum atomic E-state index is 11.6. The predicted octanol–water partition coefficient (Wildman–Crippen LogP) is 1.63. The first-order chi connectivity index (χ1) is 8.81. The minimum Gasteiger partial charge on any atom is -0.374 e. The van der Waals surface area contributed by atoms with Gasteiger partial charge in [0.05, 0.1) is 19.3 Å². The molecule has 1 aromatic rings. The smallest absolute Gasteiger partial charge is 0.226 e. The summed E-state index contributed by atoms with van der Waals surface area (Å²) in [5, 5.41) is 2.02. The molecule has 0 N–H and O–H groups in total. The normalized spacial score (nSPS) is 21.2. The topological polar surface area (TPSA) is 29.5 Å². The molecule has 3 nitrogen and oxygen atoms in total. The van der Waals surface area contributed by atoms with E-state index in [2.05, 4.69) is 0 Å². The Balaban J connectivity index is 1.80. The molecule has 0 saturated carbocycles. The standard InChI is InChI=1S/C12H15BNO2S/c13-5-6-14-10(3-4-12(14)15)8-16-9-11-2-1-7-17-11/h1-2,5-7,10,13H,3-4,8-9H2/i13D. The van der Waals surface area contributed by atoms with E-state index in [1.54, 1.807) is 28.4 Å². The molecule has 1 radical (unpaired) electrons. The molecule has 1 aliphatic rings. The van der Waals surface area contributed by atoms with Crippen LogP contribution < -0.4 is 0 Å². The van der Waals surface area contributed by atoms with Crippen molar-refractivity contribution in [3.63, 3.8) is 0 Å². The maximum Gasteiger partial charge on any atom is 0.226 e. The van der Waals surface area contributed by atoms with Crippen molar-refractivity contribution in [1.82, 2.24) is 4.90 Å². The highest BCUT2D eigenvalue weighted by molar-refractivity contribution is 7.09. The molecule has 1 saturated heterocycles. The zero-order valence-corrected chi connectivity index (χ0v) is 10.4. The Kier molecular flexibility index (Phi) is 3.92. The van der Waals surface area contributed by atoms with E-state index in [4.69, 9.17) is 6.07 Å². The van der Waals surface area contributed by atoms with Crippen LogP contribution in [0.15, 0.2) is 29.7 Å². The van der Waals surface area contributed by atoms with Gasteiger partial charge in [-0.3, -0.25) is 4.79 Å². The summed E-state index contributed by atoms with van der Waals surface area (Å²) in [4.78, 5) is 14.5. The minimum absolute atomic E-state index is 0.105. The van der Waals surface area contributed by atoms with Gasteiger partial charge in [0.2, 0.25) is 5.91 Å². The van der Waals surface area contributed by atoms with Gasteiger partial charge in [-0.25, -0.2) is 0 Å². The number of hydrogen-bond acceptors (Lipinski definition) is 3. The second-order valence-electron chi connectivity index (χ2n) is 3.93. The Morgan fingerprint density at radius 2 is 2.71 bits per heavy atom. The van der Waals surface area contributed by atoms with Crippen molar-refractivity contribution in [3.05, 3.63) is 34.6 Å². The van der Waals surface area contributed by atoms with E-state index in [1.807, 2.05) is 17.5 Å². The lowest BCUT2D eigenvalue weighted by Crippen LogP contribution is -2.31. The predicted molar refractivity (Wildman–Crippen MR) is 70.1 cm³/mol. The lowest BCUT2D eigenvalue weighted by atomic mass is 10.1. The van der Waals surface area contributed by atoms with E-state index in [0.717, 1.165) is 6.42 Å². The highest BCUT2D eigenvalue weighted by atomic mass is 32.1. The first-order valence-corrected chi connectivity index (χ1v) is 6.49. The Morgan fingerprint density at radius 1 is 1.76 bits per heavy atom. The Morgan fingerprint density at radius 3 is 3.47 bits per heavy atom. The van der Waals surface area contributed by atoms with Gasteiger partial charge in [0.15, 0.2) is 0 Å². The minimum atomic E-state index is 0.105. The third kappa shape index (κ3) is 3.20. The van der Waals surface area contributed by atoms with Crippen molar-refractivity contribution in [1.29, 1.82) is 1.34 Å². The van der Waals surface area contributed by atoms with Crippen LogP contribution in [-0.4, -0.2) is 32.6 Å². The second kappa shape index (κ2) is 6.03. The number of carbonyl (C=O) groups excluding carboxylic acids is 1. The van der Waals surface area contributed by atoms with Gasteiger partial charge in [-0.1, -0.05) is 6.07 Å². The van der Waals surface area contributed by atoms with E-state index in [1.165, 1.54) is 12.7 Å². The maximum absolute atomic E-state index is 11.6. The molecule has 1 amide bonds. The average molecular weight is 249 g/mol. The molecular formula is C12H15BNO2S. The van der Waals surface area contributed by atoms with Crippen LogP contribution in [0.1, 0.15) is 17.7 Å². The third-order valence-electron chi connectivity index (χ3n) is 2.75. The molecule has 0 bridgehead atoms. The number of carbonyl (C=O) groups is 1. The molecule has 1 fully saturated rings. The molecule has 89 valence electrons. The summed E-state index contributed by atoms with van der Waals surface area (Å²) in [5.74, 6) is 1.67. The lowest BCUT2D eigenvalue weighted by molar-refractivity contribution is -0.127. The van der Waals surface area contributed by atoms with Gasteiger partial charge < -0.3 is 9.64 Å². The van der Waals surface area contributed by atoms with Gasteiger partial charge in [0.25, 0.3) is 0 Å². The van der Waals surface area contributed by atoms with E-state index < -0.39 is 0 Å². The summed E-state index contributed by atoms with van der Waals surface area (Å²) < 4.78 is 12.6. The van der Waals surface area contributed by atoms with Crippen molar-refractivity contribution >= 4 is 25.1 Å². The second-order valence-corrected chi connectivity index (χ2v) is 4.96. The van der Waals surface area contributed by atoms with E-state index in [0.29, 0.717) is 19.6 Å². The van der Waals surface area contributed by atoms with Crippen LogP contribution in [0.5, 0.6) is 0 Å². The summed E-state index contributed by atoms with van der Waals surface area (Å²) in [6.45, 7) is 1.15. The summed E-state index contributed by atoms with van der Waals surface area (Å²) >= 11 is 1.67. The largest absolute Gasteiger partial charge is 0.374 e. The molecule has 1 unspecified atom stereocenters. The fourth-order valence-electron chi connectivity index (χ4n) is 1.91. The first-order valence-electron chi connectivity index (χ1n) is 6.18. The number of thiophene rings is 1. The number of likely N-dealkylation sites (tertiary alicyclic amines) is 1. The van der Waals surface area contributed by atoms with Crippen LogP contribution in [-0.2, 0) is 16.1 Å². The molecule has 0 aliphatic carbocycles. The van der Waals surface area contributed by atoms with E-state index >= 15 is 0 Å². The zero-order valence-electron chi connectivity index (χ0n) is 10.5. The van der Waals surface area contributed by atoms with Gasteiger partial charge in [0, 0.05) is 11.3 Å². The van der Waals surface area contributed by atoms with Crippen LogP contribution in [0.2, 0.25) is 0 Å². The SMILES string of the molecule is [2H][B]C=CN1C(=O)CCC1COCc1cccs1. The first kappa shape index (κ1) is 11.0. The quantitative estimate of drug-likeness (QED) is 0.717. The van der Waals surface area contributed by atoms with Crippen molar-refractivity contribution in [3.8, 4) is 0 Å². The van der Waals surface area contributed by atoms with Crippen LogP contribution in [0.25, 0.3) is 0 Å². The Bertz CT molecular complexity index is 410. The van der Waals surface area contributed by atoms with Gasteiger partial charge in [-0.05, 0) is 25.4 Å². The van der Waals surface area contributed by atoms with Gasteiger partial charge in [0.1, 0.15) is 7.81 Å². The van der Waals surface area contributed by atoms with Crippen LogP contribution in [0.3, 0.4) is 0 Å². The Labute approximate surface area is 108 Å². The highest BCUT2D eigenvalue weighted by Crippen LogP contribution is 2.20. The van der Waals surface area contributed by atoms with Gasteiger partial charge >= 0.3 is 0 Å². The number of hydrogen-bond donors (Lipinski definition) is 0. The van der Waals surface area contributed by atoms with Gasteiger partial charge in [-0.2, -0.15) is 0 Å².